The number of hydrogen-bond donors (Lipinski definition) is 2. The van der Waals surface area contributed by atoms with Crippen LogP contribution in [0, 0.1) is 0 Å². The van der Waals surface area contributed by atoms with E-state index < -0.39 is 0 Å². The Kier molecular flexibility index (Phi) is 5.77. The molecule has 4 rings (SSSR count). The number of hydrogen-bond acceptors (Lipinski definition) is 6. The fraction of sp³-hybridized carbons (Fsp3) is 0.211. The molecule has 0 aliphatic heterocycles. The van der Waals surface area contributed by atoms with Crippen LogP contribution < -0.4 is 5.32 Å². The van der Waals surface area contributed by atoms with Gasteiger partial charge in [-0.25, -0.2) is 4.98 Å². The van der Waals surface area contributed by atoms with E-state index in [1.165, 1.54) is 11.0 Å². The molecule has 0 aliphatic carbocycles. The second-order valence-electron chi connectivity index (χ2n) is 6.36. The fourth-order valence-electron chi connectivity index (χ4n) is 3.04. The van der Waals surface area contributed by atoms with Crippen LogP contribution in [0.5, 0.6) is 0 Å². The number of thioether (sulfide) groups is 1. The lowest BCUT2D eigenvalue weighted by Gasteiger charge is -2.17. The second kappa shape index (κ2) is 8.62. The van der Waals surface area contributed by atoms with Gasteiger partial charge in [0, 0.05) is 5.02 Å². The molecule has 2 aromatic carbocycles. The van der Waals surface area contributed by atoms with Gasteiger partial charge in [-0.05, 0) is 59.2 Å². The number of benzene rings is 2. The minimum atomic E-state index is -0.264. The molecular weight excluding hydrogens is 410 g/mol. The van der Waals surface area contributed by atoms with Gasteiger partial charge in [0.15, 0.2) is 0 Å². The third-order valence-corrected chi connectivity index (χ3v) is 5.33. The summed E-state index contributed by atoms with van der Waals surface area (Å²) in [6, 6.07) is 12.5. The summed E-state index contributed by atoms with van der Waals surface area (Å²) in [6.45, 7) is 0. The van der Waals surface area contributed by atoms with E-state index in [1.54, 1.807) is 30.0 Å². The zero-order valence-corrected chi connectivity index (χ0v) is 17.1. The molecule has 2 heterocycles. The Morgan fingerprint density at radius 3 is 2.93 bits per heavy atom. The first-order valence-electron chi connectivity index (χ1n) is 8.93. The third-order valence-electron chi connectivity index (χ3n) is 4.45. The van der Waals surface area contributed by atoms with E-state index in [4.69, 9.17) is 11.6 Å². The maximum atomic E-state index is 13.1. The summed E-state index contributed by atoms with van der Waals surface area (Å²) in [5.41, 5.74) is 2.73. The van der Waals surface area contributed by atoms with Crippen molar-refractivity contribution in [3.05, 3.63) is 65.2 Å². The van der Waals surface area contributed by atoms with Crippen LogP contribution in [0.15, 0.2) is 48.8 Å². The summed E-state index contributed by atoms with van der Waals surface area (Å²) in [5.74, 6) is 1.35. The average molecular weight is 428 g/mol. The number of fused-ring (bicyclic) bond motifs is 1. The molecule has 1 atom stereocenters. The monoisotopic (exact) mass is 427 g/mol. The van der Waals surface area contributed by atoms with Crippen LogP contribution in [0.4, 0.5) is 0 Å². The molecule has 0 bridgehead atoms. The molecule has 0 spiro atoms. The van der Waals surface area contributed by atoms with Gasteiger partial charge < -0.3 is 10.3 Å². The number of amides is 1. The summed E-state index contributed by atoms with van der Waals surface area (Å²) in [5, 5.41) is 14.8. The van der Waals surface area contributed by atoms with Gasteiger partial charge in [0.05, 0.1) is 28.3 Å². The molecule has 1 amide bonds. The van der Waals surface area contributed by atoms with Gasteiger partial charge in [0.1, 0.15) is 12.2 Å². The highest BCUT2D eigenvalue weighted by molar-refractivity contribution is 7.98. The number of tetrazole rings is 1. The Labute approximate surface area is 176 Å². The van der Waals surface area contributed by atoms with Crippen LogP contribution in [-0.4, -0.2) is 48.1 Å². The molecule has 8 nitrogen and oxygen atoms in total. The van der Waals surface area contributed by atoms with Crippen molar-refractivity contribution in [2.75, 3.05) is 12.0 Å². The van der Waals surface area contributed by atoms with Crippen LogP contribution in [0.2, 0.25) is 5.02 Å². The quantitative estimate of drug-likeness (QED) is 0.468. The number of nitrogens with zero attached hydrogens (tertiary/aromatic N) is 5. The second-order valence-corrected chi connectivity index (χ2v) is 7.78. The van der Waals surface area contributed by atoms with Crippen LogP contribution >= 0.6 is 23.4 Å². The van der Waals surface area contributed by atoms with Crippen LogP contribution in [-0.2, 0) is 0 Å². The van der Waals surface area contributed by atoms with Gasteiger partial charge in [-0.2, -0.15) is 16.4 Å². The Morgan fingerprint density at radius 2 is 2.17 bits per heavy atom. The number of para-hydroxylation sites is 2. The van der Waals surface area contributed by atoms with Gasteiger partial charge in [-0.1, -0.05) is 23.7 Å². The Morgan fingerprint density at radius 1 is 1.31 bits per heavy atom. The Balaban J connectivity index is 1.65. The SMILES string of the molecule is CSCC[C@H](NC(=O)c1ccc(Cl)cc1-n1cnnn1)c1nc2ccccc2[nH]1. The largest absolute Gasteiger partial charge is 0.342 e. The standard InChI is InChI=1S/C19H18ClN7OS/c1-29-9-8-16(18-22-14-4-2-3-5-15(14)23-18)24-19(28)13-7-6-12(20)10-17(13)27-11-21-25-26-27/h2-7,10-11,16H,8-9H2,1H3,(H,22,23)(H,24,28)/t16-/m0/s1. The average Bonchev–Trinajstić information content (AvgIpc) is 3.40. The van der Waals surface area contributed by atoms with E-state index in [0.29, 0.717) is 16.3 Å². The smallest absolute Gasteiger partial charge is 0.254 e. The van der Waals surface area contributed by atoms with Gasteiger partial charge in [-0.15, -0.1) is 5.10 Å². The lowest BCUT2D eigenvalue weighted by atomic mass is 10.1. The normalized spacial score (nSPS) is 12.2. The van der Waals surface area contributed by atoms with Crippen molar-refractivity contribution in [2.45, 2.75) is 12.5 Å². The number of carbonyl (C=O) groups excluding carboxylic acids is 1. The Hall–Kier alpha value is -2.91. The summed E-state index contributed by atoms with van der Waals surface area (Å²) < 4.78 is 1.42. The van der Waals surface area contributed by atoms with Crippen molar-refractivity contribution < 1.29 is 4.79 Å². The molecule has 0 radical (unpaired) electrons. The zero-order valence-electron chi connectivity index (χ0n) is 15.5. The maximum absolute atomic E-state index is 13.1. The molecule has 0 fully saturated rings. The van der Waals surface area contributed by atoms with Crippen LogP contribution in [0.25, 0.3) is 16.7 Å². The number of nitrogens with one attached hydrogen (secondary N) is 2. The van der Waals surface area contributed by atoms with Crippen molar-refractivity contribution in [2.24, 2.45) is 0 Å². The number of aromatic amines is 1. The van der Waals surface area contributed by atoms with E-state index in [9.17, 15) is 4.79 Å². The lowest BCUT2D eigenvalue weighted by molar-refractivity contribution is 0.0934. The maximum Gasteiger partial charge on any atom is 0.254 e. The molecule has 0 unspecified atom stereocenters. The topological polar surface area (TPSA) is 101 Å². The first-order chi connectivity index (χ1) is 14.2. The third kappa shape index (κ3) is 4.25. The zero-order chi connectivity index (χ0) is 20.2. The van der Waals surface area contributed by atoms with Crippen LogP contribution in [0.1, 0.15) is 28.6 Å². The first kappa shape index (κ1) is 19.4. The van der Waals surface area contributed by atoms with E-state index >= 15 is 0 Å². The highest BCUT2D eigenvalue weighted by Crippen LogP contribution is 2.23. The number of rotatable bonds is 7. The summed E-state index contributed by atoms with van der Waals surface area (Å²) in [7, 11) is 0. The summed E-state index contributed by atoms with van der Waals surface area (Å²) >= 11 is 7.84. The van der Waals surface area contributed by atoms with Gasteiger partial charge in [0.2, 0.25) is 0 Å². The van der Waals surface area contributed by atoms with Crippen molar-refractivity contribution in [1.29, 1.82) is 0 Å². The van der Waals surface area contributed by atoms with Crippen molar-refractivity contribution >= 4 is 40.3 Å². The molecule has 10 heteroatoms. The Bertz CT molecular complexity index is 1100. The predicted octanol–water partition coefficient (Wildman–Crippen LogP) is 3.42. The highest BCUT2D eigenvalue weighted by atomic mass is 35.5. The molecule has 148 valence electrons. The molecule has 4 aromatic rings. The molecule has 0 saturated carbocycles. The molecule has 2 aromatic heterocycles. The number of imidazole rings is 1. The van der Waals surface area contributed by atoms with Crippen molar-refractivity contribution in [3.8, 4) is 5.69 Å². The fourth-order valence-corrected chi connectivity index (χ4v) is 3.68. The minimum Gasteiger partial charge on any atom is -0.342 e. The van der Waals surface area contributed by atoms with E-state index in [2.05, 4.69) is 30.8 Å². The number of H-pyrrole nitrogens is 1. The van der Waals surface area contributed by atoms with Gasteiger partial charge in [-0.3, -0.25) is 4.79 Å². The van der Waals surface area contributed by atoms with Crippen molar-refractivity contribution in [3.63, 3.8) is 0 Å². The van der Waals surface area contributed by atoms with E-state index in [0.717, 1.165) is 29.0 Å². The molecule has 2 N–H and O–H groups in total. The van der Waals surface area contributed by atoms with Crippen molar-refractivity contribution in [1.82, 2.24) is 35.5 Å². The molecule has 0 aliphatic rings. The number of halogens is 1. The van der Waals surface area contributed by atoms with E-state index in [-0.39, 0.29) is 11.9 Å². The summed E-state index contributed by atoms with van der Waals surface area (Å²) in [4.78, 5) is 21.1. The predicted molar refractivity (Wildman–Crippen MR) is 113 cm³/mol. The lowest BCUT2D eigenvalue weighted by Crippen LogP contribution is -2.30. The first-order valence-corrected chi connectivity index (χ1v) is 10.7. The van der Waals surface area contributed by atoms with Gasteiger partial charge in [0.25, 0.3) is 5.91 Å². The molecule has 29 heavy (non-hydrogen) atoms. The molecule has 0 saturated heterocycles. The highest BCUT2D eigenvalue weighted by Gasteiger charge is 2.21. The summed E-state index contributed by atoms with van der Waals surface area (Å²) in [6.07, 6.45) is 4.19. The van der Waals surface area contributed by atoms with Gasteiger partial charge >= 0.3 is 0 Å². The number of aromatic nitrogens is 6. The van der Waals surface area contributed by atoms with E-state index in [1.807, 2.05) is 30.5 Å². The van der Waals surface area contributed by atoms with Crippen LogP contribution in [0.3, 0.4) is 0 Å². The molecular formula is C19H18ClN7OS. The minimum absolute atomic E-state index is 0.251. The number of carbonyl (C=O) groups is 1.